The summed E-state index contributed by atoms with van der Waals surface area (Å²) >= 11 is 0. The molecule has 1 aromatic rings. The second-order valence-electron chi connectivity index (χ2n) is 9.54. The molecule has 1 aliphatic heterocycles. The van der Waals surface area contributed by atoms with Crippen LogP contribution in [-0.2, 0) is 34.8 Å². The number of esters is 1. The molecule has 0 aromatic heterocycles. The molecule has 9 nitrogen and oxygen atoms in total. The van der Waals surface area contributed by atoms with Crippen molar-refractivity contribution in [2.24, 2.45) is 5.41 Å². The van der Waals surface area contributed by atoms with E-state index in [-0.39, 0.29) is 19.2 Å². The fourth-order valence-corrected chi connectivity index (χ4v) is 5.12. The van der Waals surface area contributed by atoms with Crippen LogP contribution in [0.15, 0.2) is 30.3 Å². The first-order valence-electron chi connectivity index (χ1n) is 11.7. The van der Waals surface area contributed by atoms with Gasteiger partial charge >= 0.3 is 11.9 Å². The normalized spacial score (nSPS) is 18.7. The van der Waals surface area contributed by atoms with E-state index in [0.29, 0.717) is 32.2 Å². The summed E-state index contributed by atoms with van der Waals surface area (Å²) in [7, 11) is -2.62. The maximum Gasteiger partial charge on any atom is 0.323 e. The van der Waals surface area contributed by atoms with Crippen LogP contribution in [0.25, 0.3) is 0 Å². The second kappa shape index (κ2) is 13.6. The maximum atomic E-state index is 13.2. The summed E-state index contributed by atoms with van der Waals surface area (Å²) in [5.74, 6) is -2.60. The van der Waals surface area contributed by atoms with Gasteiger partial charge in [-0.15, -0.1) is 0 Å². The first kappa shape index (κ1) is 28.0. The number of aliphatic carboxylic acids is 1. The number of likely N-dealkylation sites (tertiary alicyclic amines) is 1. The van der Waals surface area contributed by atoms with E-state index in [2.05, 4.69) is 5.09 Å². The Labute approximate surface area is 202 Å². The smallest absolute Gasteiger partial charge is 0.323 e. The van der Waals surface area contributed by atoms with Gasteiger partial charge < -0.3 is 24.0 Å². The molecule has 0 bridgehead atoms. The Hall–Kier alpha value is -2.22. The van der Waals surface area contributed by atoms with Crippen LogP contribution in [0.3, 0.4) is 0 Å². The molecule has 1 amide bonds. The lowest BCUT2D eigenvalue weighted by atomic mass is 9.98. The number of aryl methyl sites for hydroxylation is 1. The summed E-state index contributed by atoms with van der Waals surface area (Å²) in [5.41, 5.74) is 0.465. The molecule has 2 unspecified atom stereocenters. The SMILES string of the molecule is CC(C)(C)C(=O)OCO[C@H](CCCc1ccccc1)[PH](=O)NC1CCCCN(CC(=O)O)C1=O. The minimum Gasteiger partial charge on any atom is -0.480 e. The molecule has 1 heterocycles. The molecular weight excluding hydrogens is 459 g/mol. The number of ether oxygens (including phenoxy) is 2. The van der Waals surface area contributed by atoms with Gasteiger partial charge in [-0.25, -0.2) is 0 Å². The van der Waals surface area contributed by atoms with Crippen LogP contribution in [0.5, 0.6) is 0 Å². The van der Waals surface area contributed by atoms with E-state index >= 15 is 0 Å². The summed E-state index contributed by atoms with van der Waals surface area (Å²) in [6, 6.07) is 9.16. The highest BCUT2D eigenvalue weighted by atomic mass is 31.1. The van der Waals surface area contributed by atoms with Crippen molar-refractivity contribution >= 4 is 25.8 Å². The Morgan fingerprint density at radius 2 is 1.94 bits per heavy atom. The van der Waals surface area contributed by atoms with Crippen molar-refractivity contribution in [2.45, 2.75) is 71.2 Å². The first-order valence-corrected chi connectivity index (χ1v) is 13.2. The Kier molecular flexibility index (Phi) is 11.2. The fraction of sp³-hybridized carbons (Fsp3) is 0.625. The zero-order valence-corrected chi connectivity index (χ0v) is 21.2. The average Bonchev–Trinajstić information content (AvgIpc) is 2.94. The first-order chi connectivity index (χ1) is 16.1. The van der Waals surface area contributed by atoms with Crippen LogP contribution in [0.1, 0.15) is 58.4 Å². The van der Waals surface area contributed by atoms with Crippen molar-refractivity contribution in [1.82, 2.24) is 9.99 Å². The number of nitrogens with one attached hydrogen (secondary N) is 1. The standard InChI is InChI=1S/C24H37N2O7P/c1-24(2,3)23(30)33-17-32-21(14-9-12-18-10-5-4-6-11-18)34(31)25-19-13-7-8-15-26(22(19)29)16-20(27)28/h4-6,10-11,19,21,34H,7-9,12-17H2,1-3H3,(H,25,31)(H,27,28)/t19?,21-/m0/s1. The molecule has 2 N–H and O–H groups in total. The van der Waals surface area contributed by atoms with Gasteiger partial charge in [-0.1, -0.05) is 30.3 Å². The fourth-order valence-electron chi connectivity index (χ4n) is 3.64. The third-order valence-corrected chi connectivity index (χ3v) is 7.24. The van der Waals surface area contributed by atoms with Crippen molar-refractivity contribution in [3.8, 4) is 0 Å². The van der Waals surface area contributed by atoms with Gasteiger partial charge in [-0.05, 0) is 64.9 Å². The van der Waals surface area contributed by atoms with E-state index in [4.69, 9.17) is 14.6 Å². The molecule has 1 saturated heterocycles. The van der Waals surface area contributed by atoms with Crippen LogP contribution in [0, 0.1) is 5.41 Å². The predicted molar refractivity (Wildman–Crippen MR) is 129 cm³/mol. The second-order valence-corrected chi connectivity index (χ2v) is 11.2. The van der Waals surface area contributed by atoms with E-state index in [1.54, 1.807) is 20.8 Å². The van der Waals surface area contributed by atoms with Gasteiger partial charge in [0.1, 0.15) is 12.4 Å². The van der Waals surface area contributed by atoms with Crippen molar-refractivity contribution in [3.05, 3.63) is 35.9 Å². The van der Waals surface area contributed by atoms with Crippen molar-refractivity contribution in [3.63, 3.8) is 0 Å². The van der Waals surface area contributed by atoms with Crippen LogP contribution < -0.4 is 5.09 Å². The van der Waals surface area contributed by atoms with Gasteiger partial charge in [0.25, 0.3) is 0 Å². The van der Waals surface area contributed by atoms with E-state index < -0.39 is 37.2 Å². The number of carbonyl (C=O) groups excluding carboxylic acids is 2. The summed E-state index contributed by atoms with van der Waals surface area (Å²) in [4.78, 5) is 37.3. The molecule has 0 radical (unpaired) electrons. The highest BCUT2D eigenvalue weighted by molar-refractivity contribution is 7.43. The number of nitrogens with zero attached hydrogens (tertiary/aromatic N) is 1. The van der Waals surface area contributed by atoms with Gasteiger partial charge in [-0.3, -0.25) is 19.5 Å². The molecule has 190 valence electrons. The van der Waals surface area contributed by atoms with Crippen molar-refractivity contribution < 1.29 is 33.5 Å². The van der Waals surface area contributed by atoms with Gasteiger partial charge in [0, 0.05) is 6.54 Å². The number of benzene rings is 1. The number of carboxylic acid groups (broad SMARTS) is 1. The van der Waals surface area contributed by atoms with Crippen LogP contribution in [0.2, 0.25) is 0 Å². The molecule has 34 heavy (non-hydrogen) atoms. The Morgan fingerprint density at radius 1 is 1.24 bits per heavy atom. The van der Waals surface area contributed by atoms with Crippen molar-refractivity contribution in [2.75, 3.05) is 19.9 Å². The minimum atomic E-state index is -2.62. The molecule has 0 spiro atoms. The predicted octanol–water partition coefficient (Wildman–Crippen LogP) is 3.43. The highest BCUT2D eigenvalue weighted by Gasteiger charge is 2.31. The molecule has 1 aliphatic rings. The van der Waals surface area contributed by atoms with Crippen molar-refractivity contribution in [1.29, 1.82) is 0 Å². The molecule has 1 fully saturated rings. The minimum absolute atomic E-state index is 0.325. The Balaban J connectivity index is 2.01. The van der Waals surface area contributed by atoms with E-state index in [1.165, 1.54) is 4.90 Å². The largest absolute Gasteiger partial charge is 0.480 e. The lowest BCUT2D eigenvalue weighted by Gasteiger charge is -2.25. The molecular formula is C24H37N2O7P. The number of carbonyl (C=O) groups is 3. The molecule has 0 aliphatic carbocycles. The van der Waals surface area contributed by atoms with Gasteiger partial charge in [0.05, 0.1) is 11.5 Å². The van der Waals surface area contributed by atoms with E-state index in [0.717, 1.165) is 18.4 Å². The quantitative estimate of drug-likeness (QED) is 0.256. The van der Waals surface area contributed by atoms with Gasteiger partial charge in [-0.2, -0.15) is 0 Å². The zero-order chi connectivity index (χ0) is 25.1. The summed E-state index contributed by atoms with van der Waals surface area (Å²) in [5, 5.41) is 12.0. The molecule has 0 saturated carbocycles. The summed E-state index contributed by atoms with van der Waals surface area (Å²) in [6.07, 6.45) is 3.80. The lowest BCUT2D eigenvalue weighted by molar-refractivity contribution is -0.167. The van der Waals surface area contributed by atoms with E-state index in [1.807, 2.05) is 30.3 Å². The highest BCUT2D eigenvalue weighted by Crippen LogP contribution is 2.31. The average molecular weight is 497 g/mol. The van der Waals surface area contributed by atoms with Gasteiger partial charge in [0.15, 0.2) is 14.7 Å². The third kappa shape index (κ3) is 9.57. The molecule has 2 rings (SSSR count). The number of amides is 1. The number of hydrogen-bond donors (Lipinski definition) is 2. The topological polar surface area (TPSA) is 122 Å². The summed E-state index contributed by atoms with van der Waals surface area (Å²) < 4.78 is 24.1. The zero-order valence-electron chi connectivity index (χ0n) is 20.2. The van der Waals surface area contributed by atoms with Crippen LogP contribution >= 0.6 is 7.95 Å². The number of hydrogen-bond acceptors (Lipinski definition) is 6. The van der Waals surface area contributed by atoms with Crippen LogP contribution in [-0.4, -0.2) is 59.6 Å². The molecule has 3 atom stereocenters. The van der Waals surface area contributed by atoms with Gasteiger partial charge in [0.2, 0.25) is 5.91 Å². The number of carboxylic acids is 1. The lowest BCUT2D eigenvalue weighted by Crippen LogP contribution is -2.45. The maximum absolute atomic E-state index is 13.2. The summed E-state index contributed by atoms with van der Waals surface area (Å²) in [6.45, 7) is 4.86. The van der Waals surface area contributed by atoms with Crippen LogP contribution in [0.4, 0.5) is 0 Å². The Morgan fingerprint density at radius 3 is 2.59 bits per heavy atom. The molecule has 1 aromatic carbocycles. The number of rotatable bonds is 12. The molecule has 10 heteroatoms. The monoisotopic (exact) mass is 496 g/mol. The Bertz CT molecular complexity index is 841. The van der Waals surface area contributed by atoms with E-state index in [9.17, 15) is 18.9 Å². The third-order valence-electron chi connectivity index (χ3n) is 5.56.